The molecule has 1 amide bonds. The molecule has 2 aromatic carbocycles. The second-order valence-corrected chi connectivity index (χ2v) is 7.52. The topological polar surface area (TPSA) is 129 Å². The highest BCUT2D eigenvalue weighted by molar-refractivity contribution is 7.99. The van der Waals surface area contributed by atoms with Gasteiger partial charge in [-0.3, -0.25) is 4.79 Å². The normalized spacial score (nSPS) is 11.4. The molecule has 0 fully saturated rings. The second-order valence-electron chi connectivity index (χ2n) is 6.58. The van der Waals surface area contributed by atoms with Crippen LogP contribution in [0.1, 0.15) is 11.1 Å². The Bertz CT molecular complexity index is 1180. The Morgan fingerprint density at radius 3 is 2.65 bits per heavy atom. The van der Waals surface area contributed by atoms with Gasteiger partial charge in [-0.2, -0.15) is 18.3 Å². The minimum absolute atomic E-state index is 0.0292. The number of thioether (sulfide) groups is 1. The van der Waals surface area contributed by atoms with Crippen molar-refractivity contribution in [2.45, 2.75) is 11.3 Å². The molecular formula is C20H20F3N7O3S. The van der Waals surface area contributed by atoms with Gasteiger partial charge in [-0.25, -0.2) is 10.1 Å². The lowest BCUT2D eigenvalue weighted by Gasteiger charge is -2.09. The van der Waals surface area contributed by atoms with Gasteiger partial charge in [-0.1, -0.05) is 17.8 Å². The van der Waals surface area contributed by atoms with Gasteiger partial charge < -0.3 is 20.6 Å². The van der Waals surface area contributed by atoms with Crippen molar-refractivity contribution in [2.24, 2.45) is 5.10 Å². The van der Waals surface area contributed by atoms with Crippen LogP contribution in [0.4, 0.5) is 24.8 Å². The highest BCUT2D eigenvalue weighted by atomic mass is 32.2. The summed E-state index contributed by atoms with van der Waals surface area (Å²) in [6.07, 6.45) is -3.00. The summed E-state index contributed by atoms with van der Waals surface area (Å²) in [5.41, 5.74) is 2.53. The number of hydrazone groups is 1. The Kier molecular flexibility index (Phi) is 7.83. The number of nitrogens with zero attached hydrogens (tertiary/aromatic N) is 4. The van der Waals surface area contributed by atoms with E-state index in [1.807, 2.05) is 0 Å². The van der Waals surface area contributed by atoms with Crippen LogP contribution in [0, 0.1) is 0 Å². The van der Waals surface area contributed by atoms with Gasteiger partial charge in [-0.15, -0.1) is 10.2 Å². The molecule has 0 saturated heterocycles. The van der Waals surface area contributed by atoms with Gasteiger partial charge in [0.05, 0.1) is 31.8 Å². The van der Waals surface area contributed by atoms with Gasteiger partial charge in [0.25, 0.3) is 5.95 Å². The summed E-state index contributed by atoms with van der Waals surface area (Å²) in [5.74, 6) is 6.45. The molecule has 0 atom stereocenters. The summed E-state index contributed by atoms with van der Waals surface area (Å²) in [6, 6.07) is 9.57. The first-order valence-corrected chi connectivity index (χ1v) is 10.5. The van der Waals surface area contributed by atoms with E-state index in [1.54, 1.807) is 18.2 Å². The summed E-state index contributed by atoms with van der Waals surface area (Å²) in [7, 11) is 3.05. The molecule has 4 N–H and O–H groups in total. The van der Waals surface area contributed by atoms with Crippen LogP contribution >= 0.6 is 11.8 Å². The van der Waals surface area contributed by atoms with Crippen LogP contribution in [0.15, 0.2) is 52.7 Å². The van der Waals surface area contributed by atoms with E-state index in [4.69, 9.17) is 15.3 Å². The first-order valence-electron chi connectivity index (χ1n) is 9.52. The number of anilines is 2. The largest absolute Gasteiger partial charge is 0.493 e. The van der Waals surface area contributed by atoms with Crippen LogP contribution in [0.25, 0.3) is 0 Å². The van der Waals surface area contributed by atoms with Crippen molar-refractivity contribution in [3.05, 3.63) is 53.6 Å². The number of nitrogen functional groups attached to an aromatic ring is 1. The van der Waals surface area contributed by atoms with Crippen LogP contribution < -0.4 is 26.1 Å². The average molecular weight is 495 g/mol. The summed E-state index contributed by atoms with van der Waals surface area (Å²) in [6.45, 7) is 0. The van der Waals surface area contributed by atoms with E-state index in [0.29, 0.717) is 17.1 Å². The lowest BCUT2D eigenvalue weighted by Crippen LogP contribution is -2.17. The lowest BCUT2D eigenvalue weighted by molar-refractivity contribution is -0.137. The smallest absolute Gasteiger partial charge is 0.416 e. The number of alkyl halides is 3. The van der Waals surface area contributed by atoms with Crippen LogP contribution in [0.5, 0.6) is 11.5 Å². The van der Waals surface area contributed by atoms with Gasteiger partial charge in [-0.05, 0) is 42.0 Å². The first-order chi connectivity index (χ1) is 16.2. The minimum Gasteiger partial charge on any atom is -0.493 e. The predicted octanol–water partition coefficient (Wildman–Crippen LogP) is 3.20. The quantitative estimate of drug-likeness (QED) is 0.179. The molecule has 10 nitrogen and oxygen atoms in total. The van der Waals surface area contributed by atoms with Gasteiger partial charge in [0, 0.05) is 5.69 Å². The van der Waals surface area contributed by atoms with E-state index in [-0.39, 0.29) is 22.5 Å². The van der Waals surface area contributed by atoms with Crippen molar-refractivity contribution in [1.82, 2.24) is 14.9 Å². The zero-order chi connectivity index (χ0) is 24.7. The van der Waals surface area contributed by atoms with E-state index in [1.165, 1.54) is 32.6 Å². The molecule has 0 radical (unpaired) electrons. The first kappa shape index (κ1) is 24.7. The van der Waals surface area contributed by atoms with Crippen LogP contribution in [-0.4, -0.2) is 47.0 Å². The number of rotatable bonds is 9. The second kappa shape index (κ2) is 10.8. The maximum absolute atomic E-state index is 12.8. The number of halogens is 3. The van der Waals surface area contributed by atoms with Crippen molar-refractivity contribution in [2.75, 3.05) is 36.6 Å². The van der Waals surface area contributed by atoms with Crippen molar-refractivity contribution >= 4 is 35.5 Å². The Labute approximate surface area is 196 Å². The number of amides is 1. The molecule has 0 aliphatic heterocycles. The molecule has 34 heavy (non-hydrogen) atoms. The van der Waals surface area contributed by atoms with E-state index in [0.717, 1.165) is 28.6 Å². The molecule has 1 heterocycles. The highest BCUT2D eigenvalue weighted by Gasteiger charge is 2.30. The Balaban J connectivity index is 1.55. The molecule has 0 aliphatic rings. The highest BCUT2D eigenvalue weighted by Crippen LogP contribution is 2.31. The summed E-state index contributed by atoms with van der Waals surface area (Å²) in [4.78, 5) is 12.1. The molecular weight excluding hydrogens is 475 g/mol. The van der Waals surface area contributed by atoms with Gasteiger partial charge in [0.1, 0.15) is 0 Å². The standard InChI is InChI=1S/C20H20F3N7O3S/c1-32-15-7-6-12(8-16(15)33-2)10-25-27-18-28-29-19(30(18)24)34-11-17(31)26-14-5-3-4-13(9-14)20(21,22)23/h3-10H,11,24H2,1-2H3,(H,26,31)(H,27,28)/b25-10+. The van der Waals surface area contributed by atoms with Gasteiger partial charge in [0.2, 0.25) is 11.1 Å². The van der Waals surface area contributed by atoms with Crippen molar-refractivity contribution < 1.29 is 27.4 Å². The van der Waals surface area contributed by atoms with E-state index >= 15 is 0 Å². The minimum atomic E-state index is -4.50. The number of ether oxygens (including phenoxy) is 2. The third kappa shape index (κ3) is 6.31. The third-order valence-corrected chi connectivity index (χ3v) is 5.20. The fourth-order valence-electron chi connectivity index (χ4n) is 2.65. The van der Waals surface area contributed by atoms with E-state index < -0.39 is 17.6 Å². The molecule has 0 saturated carbocycles. The van der Waals surface area contributed by atoms with Crippen LogP contribution in [-0.2, 0) is 11.0 Å². The molecule has 0 spiro atoms. The number of carbonyl (C=O) groups excluding carboxylic acids is 1. The maximum Gasteiger partial charge on any atom is 0.416 e. The number of nitrogens with one attached hydrogen (secondary N) is 2. The number of hydrogen-bond donors (Lipinski definition) is 3. The molecule has 1 aromatic heterocycles. The SMILES string of the molecule is COc1ccc(/C=N/Nc2nnc(SCC(=O)Nc3cccc(C(F)(F)F)c3)n2N)cc1OC. The number of benzene rings is 2. The maximum atomic E-state index is 12.8. The van der Waals surface area contributed by atoms with Crippen molar-refractivity contribution in [1.29, 1.82) is 0 Å². The zero-order valence-corrected chi connectivity index (χ0v) is 18.8. The number of carbonyl (C=O) groups is 1. The molecule has 180 valence electrons. The molecule has 14 heteroatoms. The molecule has 3 rings (SSSR count). The van der Waals surface area contributed by atoms with Gasteiger partial charge >= 0.3 is 6.18 Å². The average Bonchev–Trinajstić information content (AvgIpc) is 3.16. The van der Waals surface area contributed by atoms with Crippen molar-refractivity contribution in [3.63, 3.8) is 0 Å². The summed E-state index contributed by atoms with van der Waals surface area (Å²) in [5, 5.41) is 14.4. The molecule has 3 aromatic rings. The number of aromatic nitrogens is 3. The van der Waals surface area contributed by atoms with Gasteiger partial charge in [0.15, 0.2) is 11.5 Å². The lowest BCUT2D eigenvalue weighted by atomic mass is 10.2. The number of nitrogens with two attached hydrogens (primary N) is 1. The molecule has 0 bridgehead atoms. The van der Waals surface area contributed by atoms with Crippen LogP contribution in [0.3, 0.4) is 0 Å². The Morgan fingerprint density at radius 1 is 1.18 bits per heavy atom. The van der Waals surface area contributed by atoms with Crippen LogP contribution in [0.2, 0.25) is 0 Å². The molecule has 0 unspecified atom stereocenters. The monoisotopic (exact) mass is 495 g/mol. The predicted molar refractivity (Wildman–Crippen MR) is 122 cm³/mol. The number of hydrogen-bond acceptors (Lipinski definition) is 9. The van der Waals surface area contributed by atoms with E-state index in [9.17, 15) is 18.0 Å². The zero-order valence-electron chi connectivity index (χ0n) is 18.0. The van der Waals surface area contributed by atoms with E-state index in [2.05, 4.69) is 26.0 Å². The van der Waals surface area contributed by atoms with Crippen molar-refractivity contribution in [3.8, 4) is 11.5 Å². The Morgan fingerprint density at radius 2 is 1.94 bits per heavy atom. The molecule has 0 aliphatic carbocycles. The fourth-order valence-corrected chi connectivity index (χ4v) is 3.31. The summed E-state index contributed by atoms with van der Waals surface area (Å²) < 4.78 is 49.9. The fraction of sp³-hybridized carbons (Fsp3) is 0.200. The third-order valence-electron chi connectivity index (χ3n) is 4.26. The Hall–Kier alpha value is -3.94. The number of methoxy groups -OCH3 is 2. The summed E-state index contributed by atoms with van der Waals surface area (Å²) >= 11 is 0.952.